The molecule has 1 aromatic carbocycles. The van der Waals surface area contributed by atoms with E-state index >= 15 is 0 Å². The first-order chi connectivity index (χ1) is 11.5. The third-order valence-corrected chi connectivity index (χ3v) is 3.55. The molecular weight excluding hydrogens is 310 g/mol. The summed E-state index contributed by atoms with van der Waals surface area (Å²) in [6.07, 6.45) is -0.396. The van der Waals surface area contributed by atoms with Crippen LogP contribution in [0.4, 0.5) is 4.79 Å². The molecule has 0 saturated carbocycles. The van der Waals surface area contributed by atoms with Crippen molar-refractivity contribution in [2.75, 3.05) is 33.2 Å². The lowest BCUT2D eigenvalue weighted by molar-refractivity contribution is -0.137. The first-order valence-corrected chi connectivity index (χ1v) is 8.11. The van der Waals surface area contributed by atoms with E-state index in [-0.39, 0.29) is 19.1 Å². The van der Waals surface area contributed by atoms with Gasteiger partial charge >= 0.3 is 12.1 Å². The predicted molar refractivity (Wildman–Crippen MR) is 91.8 cm³/mol. The van der Waals surface area contributed by atoms with E-state index in [2.05, 4.69) is 10.6 Å². The SMILES string of the molecule is CCN(CCC(=O)O)C[C@@H](CNC)NC(=O)OCc1ccccc1. The fraction of sp³-hybridized carbons (Fsp3) is 0.529. The van der Waals surface area contributed by atoms with Crippen LogP contribution in [0.25, 0.3) is 0 Å². The topological polar surface area (TPSA) is 90.9 Å². The van der Waals surface area contributed by atoms with Gasteiger partial charge in [0.15, 0.2) is 0 Å². The van der Waals surface area contributed by atoms with Crippen molar-refractivity contribution in [3.8, 4) is 0 Å². The van der Waals surface area contributed by atoms with Gasteiger partial charge in [0.2, 0.25) is 0 Å². The van der Waals surface area contributed by atoms with E-state index < -0.39 is 12.1 Å². The van der Waals surface area contributed by atoms with Gasteiger partial charge in [-0.05, 0) is 19.2 Å². The average Bonchev–Trinajstić information content (AvgIpc) is 2.57. The number of ether oxygens (including phenoxy) is 1. The molecule has 1 aromatic rings. The van der Waals surface area contributed by atoms with E-state index in [0.717, 1.165) is 5.56 Å². The summed E-state index contributed by atoms with van der Waals surface area (Å²) in [5, 5.41) is 14.6. The summed E-state index contributed by atoms with van der Waals surface area (Å²) in [5.41, 5.74) is 0.925. The molecule has 3 N–H and O–H groups in total. The van der Waals surface area contributed by atoms with Gasteiger partial charge in [-0.3, -0.25) is 4.79 Å². The minimum absolute atomic E-state index is 0.0819. The van der Waals surface area contributed by atoms with Gasteiger partial charge in [-0.1, -0.05) is 37.3 Å². The Kier molecular flexibility index (Phi) is 9.48. The lowest BCUT2D eigenvalue weighted by Crippen LogP contribution is -2.49. The second-order valence-corrected chi connectivity index (χ2v) is 5.50. The Bertz CT molecular complexity index is 496. The fourth-order valence-corrected chi connectivity index (χ4v) is 2.28. The molecule has 0 saturated heterocycles. The molecule has 0 radical (unpaired) electrons. The van der Waals surface area contributed by atoms with Crippen LogP contribution in [0.3, 0.4) is 0 Å². The quantitative estimate of drug-likeness (QED) is 0.564. The van der Waals surface area contributed by atoms with Crippen molar-refractivity contribution in [1.29, 1.82) is 0 Å². The molecule has 0 aliphatic heterocycles. The van der Waals surface area contributed by atoms with Crippen molar-refractivity contribution in [3.63, 3.8) is 0 Å². The molecular formula is C17H27N3O4. The second kappa shape index (κ2) is 11.4. The standard InChI is InChI=1S/C17H27N3O4/c1-3-20(10-9-16(21)22)12-15(11-18-2)19-17(23)24-13-14-7-5-4-6-8-14/h4-8,15,18H,3,9-13H2,1-2H3,(H,19,23)(H,21,22)/t15-/m1/s1. The van der Waals surface area contributed by atoms with Gasteiger partial charge in [-0.2, -0.15) is 0 Å². The molecule has 1 rings (SSSR count). The lowest BCUT2D eigenvalue weighted by Gasteiger charge is -2.26. The number of likely N-dealkylation sites (N-methyl/N-ethyl adjacent to an activating group) is 2. The smallest absolute Gasteiger partial charge is 0.407 e. The van der Waals surface area contributed by atoms with Gasteiger partial charge < -0.3 is 25.4 Å². The third kappa shape index (κ3) is 8.50. The molecule has 24 heavy (non-hydrogen) atoms. The number of carbonyl (C=O) groups excluding carboxylic acids is 1. The largest absolute Gasteiger partial charge is 0.481 e. The highest BCUT2D eigenvalue weighted by molar-refractivity contribution is 5.67. The summed E-state index contributed by atoms with van der Waals surface area (Å²) in [6, 6.07) is 9.31. The van der Waals surface area contributed by atoms with Crippen LogP contribution in [0.2, 0.25) is 0 Å². The number of alkyl carbamates (subject to hydrolysis) is 1. The van der Waals surface area contributed by atoms with Gasteiger partial charge in [-0.15, -0.1) is 0 Å². The number of aliphatic carboxylic acids is 1. The Morgan fingerprint density at radius 2 is 2.00 bits per heavy atom. The van der Waals surface area contributed by atoms with Gasteiger partial charge in [0.1, 0.15) is 6.61 Å². The van der Waals surface area contributed by atoms with Crippen molar-refractivity contribution in [3.05, 3.63) is 35.9 Å². The van der Waals surface area contributed by atoms with Crippen LogP contribution in [0, 0.1) is 0 Å². The molecule has 0 aliphatic carbocycles. The molecule has 1 amide bonds. The summed E-state index contributed by atoms with van der Waals surface area (Å²) in [4.78, 5) is 24.7. The minimum atomic E-state index is -0.825. The Hall–Kier alpha value is -2.12. The maximum atomic E-state index is 12.0. The average molecular weight is 337 g/mol. The van der Waals surface area contributed by atoms with Crippen molar-refractivity contribution in [1.82, 2.24) is 15.5 Å². The second-order valence-electron chi connectivity index (χ2n) is 5.50. The highest BCUT2D eigenvalue weighted by Gasteiger charge is 2.16. The van der Waals surface area contributed by atoms with E-state index in [1.165, 1.54) is 0 Å². The summed E-state index contributed by atoms with van der Waals surface area (Å²) in [5.74, 6) is -0.825. The number of nitrogens with zero attached hydrogens (tertiary/aromatic N) is 1. The fourth-order valence-electron chi connectivity index (χ4n) is 2.28. The molecule has 0 spiro atoms. The van der Waals surface area contributed by atoms with Crippen molar-refractivity contribution >= 4 is 12.1 Å². The summed E-state index contributed by atoms with van der Waals surface area (Å²) in [6.45, 7) is 4.48. The zero-order valence-electron chi connectivity index (χ0n) is 14.3. The van der Waals surface area contributed by atoms with Crippen molar-refractivity contribution < 1.29 is 19.4 Å². The first-order valence-electron chi connectivity index (χ1n) is 8.11. The van der Waals surface area contributed by atoms with Crippen LogP contribution in [-0.2, 0) is 16.1 Å². The Morgan fingerprint density at radius 3 is 2.58 bits per heavy atom. The van der Waals surface area contributed by atoms with Crippen LogP contribution in [0.5, 0.6) is 0 Å². The first kappa shape index (κ1) is 19.9. The highest BCUT2D eigenvalue weighted by atomic mass is 16.5. The van der Waals surface area contributed by atoms with E-state index in [4.69, 9.17) is 9.84 Å². The maximum absolute atomic E-state index is 12.0. The third-order valence-electron chi connectivity index (χ3n) is 3.55. The summed E-state index contributed by atoms with van der Waals surface area (Å²) < 4.78 is 5.23. The van der Waals surface area contributed by atoms with Crippen LogP contribution in [0.15, 0.2) is 30.3 Å². The molecule has 0 aromatic heterocycles. The maximum Gasteiger partial charge on any atom is 0.407 e. The number of benzene rings is 1. The molecule has 1 atom stereocenters. The highest BCUT2D eigenvalue weighted by Crippen LogP contribution is 2.01. The Balaban J connectivity index is 2.45. The summed E-state index contributed by atoms with van der Waals surface area (Å²) >= 11 is 0. The molecule has 7 heteroatoms. The van der Waals surface area contributed by atoms with Crippen LogP contribution >= 0.6 is 0 Å². The molecule has 7 nitrogen and oxygen atoms in total. The number of hydrogen-bond acceptors (Lipinski definition) is 5. The number of carboxylic acids is 1. The minimum Gasteiger partial charge on any atom is -0.481 e. The lowest BCUT2D eigenvalue weighted by atomic mass is 10.2. The molecule has 0 bridgehead atoms. The zero-order chi connectivity index (χ0) is 17.8. The monoisotopic (exact) mass is 337 g/mol. The van der Waals surface area contributed by atoms with E-state index in [1.807, 2.05) is 42.2 Å². The predicted octanol–water partition coefficient (Wildman–Crippen LogP) is 1.30. The Labute approximate surface area is 143 Å². The number of amides is 1. The van der Waals surface area contributed by atoms with Gasteiger partial charge in [-0.25, -0.2) is 4.79 Å². The normalized spacial score (nSPS) is 12.0. The molecule has 0 fully saturated rings. The number of carboxylic acid groups (broad SMARTS) is 1. The molecule has 134 valence electrons. The molecule has 0 heterocycles. The van der Waals surface area contributed by atoms with Crippen LogP contribution in [0.1, 0.15) is 18.9 Å². The van der Waals surface area contributed by atoms with Crippen LogP contribution < -0.4 is 10.6 Å². The van der Waals surface area contributed by atoms with Crippen molar-refractivity contribution in [2.24, 2.45) is 0 Å². The van der Waals surface area contributed by atoms with E-state index in [1.54, 1.807) is 7.05 Å². The number of rotatable bonds is 11. The molecule has 0 aliphatic rings. The van der Waals surface area contributed by atoms with Crippen LogP contribution in [-0.4, -0.2) is 61.3 Å². The number of carbonyl (C=O) groups is 2. The van der Waals surface area contributed by atoms with Gasteiger partial charge in [0.25, 0.3) is 0 Å². The van der Waals surface area contributed by atoms with Crippen molar-refractivity contribution in [2.45, 2.75) is 26.0 Å². The van der Waals surface area contributed by atoms with E-state index in [0.29, 0.717) is 26.2 Å². The Morgan fingerprint density at radius 1 is 1.29 bits per heavy atom. The zero-order valence-corrected chi connectivity index (χ0v) is 14.3. The van der Waals surface area contributed by atoms with Gasteiger partial charge in [0.05, 0.1) is 12.5 Å². The number of hydrogen-bond donors (Lipinski definition) is 3. The summed E-state index contributed by atoms with van der Waals surface area (Å²) in [7, 11) is 1.80. The molecule has 0 unspecified atom stereocenters. The van der Waals surface area contributed by atoms with E-state index in [9.17, 15) is 9.59 Å². The number of nitrogens with one attached hydrogen (secondary N) is 2. The van der Waals surface area contributed by atoms with Gasteiger partial charge in [0, 0.05) is 19.6 Å².